The second kappa shape index (κ2) is 7.02. The van der Waals surface area contributed by atoms with Gasteiger partial charge in [0, 0.05) is 7.05 Å². The molecule has 2 N–H and O–H groups in total. The minimum absolute atomic E-state index is 0.114. The number of aromatic hydroxyl groups is 1. The van der Waals surface area contributed by atoms with Crippen molar-refractivity contribution in [1.82, 2.24) is 0 Å². The average Bonchev–Trinajstić information content (AvgIpc) is 2.93. The number of thiophene rings is 1. The van der Waals surface area contributed by atoms with E-state index in [-0.39, 0.29) is 11.3 Å². The molecule has 0 saturated heterocycles. The zero-order chi connectivity index (χ0) is 19.1. The van der Waals surface area contributed by atoms with E-state index in [0.717, 1.165) is 12.1 Å². The molecule has 8 heteroatoms. The summed E-state index contributed by atoms with van der Waals surface area (Å²) >= 11 is 13.2. The van der Waals surface area contributed by atoms with Crippen LogP contribution in [0.3, 0.4) is 0 Å². The van der Waals surface area contributed by atoms with Gasteiger partial charge in [0.25, 0.3) is 0 Å². The highest BCUT2D eigenvalue weighted by molar-refractivity contribution is 7.20. The number of halogens is 5. The monoisotopic (exact) mass is 417 g/mol. The number of anilines is 1. The summed E-state index contributed by atoms with van der Waals surface area (Å²) in [5.74, 6) is -0.114. The van der Waals surface area contributed by atoms with Crippen molar-refractivity contribution in [2.75, 3.05) is 12.4 Å². The molecule has 1 heterocycles. The maximum absolute atomic E-state index is 13.0. The van der Waals surface area contributed by atoms with Gasteiger partial charge in [-0.2, -0.15) is 13.2 Å². The van der Waals surface area contributed by atoms with E-state index in [9.17, 15) is 18.3 Å². The molecule has 2 nitrogen and oxygen atoms in total. The molecule has 0 aliphatic rings. The molecule has 0 amide bonds. The Morgan fingerprint density at radius 1 is 1.00 bits per heavy atom. The van der Waals surface area contributed by atoms with Crippen molar-refractivity contribution in [2.45, 2.75) is 6.18 Å². The highest BCUT2D eigenvalue weighted by Crippen LogP contribution is 2.51. The van der Waals surface area contributed by atoms with Crippen molar-refractivity contribution in [3.8, 4) is 27.3 Å². The van der Waals surface area contributed by atoms with Gasteiger partial charge in [0.1, 0.15) is 10.8 Å². The number of rotatable bonds is 3. The fraction of sp³-hybridized carbons (Fsp3) is 0.111. The molecule has 3 rings (SSSR count). The topological polar surface area (TPSA) is 32.3 Å². The molecule has 0 saturated carbocycles. The van der Waals surface area contributed by atoms with Crippen LogP contribution in [-0.2, 0) is 6.18 Å². The zero-order valence-electron chi connectivity index (χ0n) is 13.3. The van der Waals surface area contributed by atoms with Crippen LogP contribution >= 0.6 is 34.5 Å². The van der Waals surface area contributed by atoms with E-state index >= 15 is 0 Å². The van der Waals surface area contributed by atoms with E-state index in [0.29, 0.717) is 31.1 Å². The van der Waals surface area contributed by atoms with Gasteiger partial charge in [0.15, 0.2) is 0 Å². The number of benzene rings is 2. The molecule has 136 valence electrons. The Kier molecular flexibility index (Phi) is 5.10. The molecule has 3 aromatic rings. The van der Waals surface area contributed by atoms with Gasteiger partial charge in [-0.25, -0.2) is 0 Å². The molecule has 2 aromatic carbocycles. The molecule has 0 aliphatic heterocycles. The smallest absolute Gasteiger partial charge is 0.416 e. The second-order valence-electron chi connectivity index (χ2n) is 5.44. The molecular formula is C18H12Cl2F3NOS. The lowest BCUT2D eigenvalue weighted by molar-refractivity contribution is -0.137. The van der Waals surface area contributed by atoms with E-state index in [4.69, 9.17) is 23.2 Å². The van der Waals surface area contributed by atoms with Crippen LogP contribution in [0.1, 0.15) is 5.56 Å². The van der Waals surface area contributed by atoms with Gasteiger partial charge in [-0.1, -0.05) is 41.4 Å². The van der Waals surface area contributed by atoms with E-state index in [2.05, 4.69) is 5.32 Å². The van der Waals surface area contributed by atoms with E-state index in [1.54, 1.807) is 25.2 Å². The molecule has 0 atom stereocenters. The summed E-state index contributed by atoms with van der Waals surface area (Å²) in [4.78, 5) is 0.486. The van der Waals surface area contributed by atoms with E-state index in [1.807, 2.05) is 0 Å². The molecule has 0 radical (unpaired) electrons. The first-order valence-corrected chi connectivity index (χ1v) is 8.96. The standard InChI is InChI=1S/C18H12Cl2F3NOS/c1-24-17-14(9-3-2-4-11(7-9)18(21,22)23)15(25)16(26-17)10-5-6-12(19)13(20)8-10/h2-8,24-25H,1H3. The highest BCUT2D eigenvalue weighted by Gasteiger charge is 2.31. The third kappa shape index (κ3) is 3.49. The van der Waals surface area contributed by atoms with Crippen LogP contribution in [0.25, 0.3) is 21.6 Å². The first-order chi connectivity index (χ1) is 12.2. The maximum atomic E-state index is 13.0. The SMILES string of the molecule is CNc1sc(-c2ccc(Cl)c(Cl)c2)c(O)c1-c1cccc(C(F)(F)F)c1. The molecule has 26 heavy (non-hydrogen) atoms. The van der Waals surface area contributed by atoms with Gasteiger partial charge >= 0.3 is 6.18 Å². The van der Waals surface area contributed by atoms with Crippen LogP contribution in [0, 0.1) is 0 Å². The van der Waals surface area contributed by atoms with E-state index < -0.39 is 11.7 Å². The number of hydrogen-bond donors (Lipinski definition) is 2. The van der Waals surface area contributed by atoms with Crippen molar-refractivity contribution in [1.29, 1.82) is 0 Å². The van der Waals surface area contributed by atoms with E-state index in [1.165, 1.54) is 23.5 Å². The number of alkyl halides is 3. The Hall–Kier alpha value is -1.89. The van der Waals surface area contributed by atoms with Gasteiger partial charge in [-0.3, -0.25) is 0 Å². The lowest BCUT2D eigenvalue weighted by atomic mass is 10.0. The van der Waals surface area contributed by atoms with Gasteiger partial charge in [-0.15, -0.1) is 11.3 Å². The third-order valence-electron chi connectivity index (χ3n) is 3.77. The van der Waals surface area contributed by atoms with Crippen LogP contribution < -0.4 is 5.32 Å². The van der Waals surface area contributed by atoms with Crippen molar-refractivity contribution in [3.05, 3.63) is 58.1 Å². The molecule has 0 aliphatic carbocycles. The summed E-state index contributed by atoms with van der Waals surface area (Å²) in [5.41, 5.74) is 0.421. The number of hydrogen-bond acceptors (Lipinski definition) is 3. The summed E-state index contributed by atoms with van der Waals surface area (Å²) < 4.78 is 39.0. The van der Waals surface area contributed by atoms with Crippen LogP contribution in [0.2, 0.25) is 10.0 Å². The molecule has 0 bridgehead atoms. The van der Waals surface area contributed by atoms with Crippen molar-refractivity contribution >= 4 is 39.5 Å². The third-order valence-corrected chi connectivity index (χ3v) is 5.76. The molecule has 1 aromatic heterocycles. The van der Waals surface area contributed by atoms with Crippen molar-refractivity contribution in [2.24, 2.45) is 0 Å². The molecule has 0 fully saturated rings. The van der Waals surface area contributed by atoms with Gasteiger partial charge < -0.3 is 10.4 Å². The summed E-state index contributed by atoms with van der Waals surface area (Å²) in [6.07, 6.45) is -4.46. The summed E-state index contributed by atoms with van der Waals surface area (Å²) in [6.45, 7) is 0. The van der Waals surface area contributed by atoms with Gasteiger partial charge in [-0.05, 0) is 35.4 Å². The van der Waals surface area contributed by atoms with Crippen molar-refractivity contribution < 1.29 is 18.3 Å². The largest absolute Gasteiger partial charge is 0.506 e. The molecule has 0 unspecified atom stereocenters. The minimum Gasteiger partial charge on any atom is -0.506 e. The highest BCUT2D eigenvalue weighted by atomic mass is 35.5. The normalized spacial score (nSPS) is 11.6. The summed E-state index contributed by atoms with van der Waals surface area (Å²) in [7, 11) is 1.64. The molecule has 0 spiro atoms. The quantitative estimate of drug-likeness (QED) is 0.473. The van der Waals surface area contributed by atoms with Crippen LogP contribution in [0.15, 0.2) is 42.5 Å². The first-order valence-electron chi connectivity index (χ1n) is 7.39. The lowest BCUT2D eigenvalue weighted by Gasteiger charge is -2.10. The van der Waals surface area contributed by atoms with Gasteiger partial charge in [0.2, 0.25) is 0 Å². The Bertz CT molecular complexity index is 970. The number of nitrogens with one attached hydrogen (secondary N) is 1. The summed E-state index contributed by atoms with van der Waals surface area (Å²) in [6, 6.07) is 9.73. The maximum Gasteiger partial charge on any atom is 0.416 e. The molecular weight excluding hydrogens is 406 g/mol. The van der Waals surface area contributed by atoms with Crippen LogP contribution in [0.5, 0.6) is 5.75 Å². The Morgan fingerprint density at radius 3 is 2.35 bits per heavy atom. The van der Waals surface area contributed by atoms with Crippen LogP contribution in [-0.4, -0.2) is 12.2 Å². The predicted octanol–water partition coefficient (Wildman–Crippen LogP) is 7.16. The minimum atomic E-state index is -4.46. The zero-order valence-corrected chi connectivity index (χ0v) is 15.6. The average molecular weight is 418 g/mol. The fourth-order valence-corrected chi connectivity index (χ4v) is 3.91. The fourth-order valence-electron chi connectivity index (χ4n) is 2.55. The second-order valence-corrected chi connectivity index (χ2v) is 7.28. The Balaban J connectivity index is 2.17. The first kappa shape index (κ1) is 18.9. The Morgan fingerprint density at radius 2 is 1.73 bits per heavy atom. The van der Waals surface area contributed by atoms with Crippen LogP contribution in [0.4, 0.5) is 18.2 Å². The van der Waals surface area contributed by atoms with Gasteiger partial charge in [0.05, 0.1) is 26.0 Å². The summed E-state index contributed by atoms with van der Waals surface area (Å²) in [5, 5.41) is 14.9. The van der Waals surface area contributed by atoms with Crippen molar-refractivity contribution in [3.63, 3.8) is 0 Å². The lowest BCUT2D eigenvalue weighted by Crippen LogP contribution is -2.04. The predicted molar refractivity (Wildman–Crippen MR) is 101 cm³/mol. The Labute approximate surface area is 161 Å².